The second-order valence-corrected chi connectivity index (χ2v) is 10.0. The van der Waals surface area contributed by atoms with Crippen LogP contribution in [0.25, 0.3) is 6.15 Å². The summed E-state index contributed by atoms with van der Waals surface area (Å²) in [5.41, 5.74) is 0. The molecule has 0 amide bonds. The third-order valence-electron chi connectivity index (χ3n) is 0.586. The number of rotatable bonds is 0. The van der Waals surface area contributed by atoms with Crippen molar-refractivity contribution >= 4 is 42.4 Å². The average molecular weight is 423 g/mol. The Morgan fingerprint density at radius 2 is 0.955 bits per heavy atom. The summed E-state index contributed by atoms with van der Waals surface area (Å²) in [4.78, 5) is 0. The van der Waals surface area contributed by atoms with Gasteiger partial charge in [-0.2, -0.15) is 6.08 Å². The second-order valence-electron chi connectivity index (χ2n) is 4.00. The van der Waals surface area contributed by atoms with Crippen molar-refractivity contribution in [1.29, 1.82) is 0 Å². The molecule has 1 rings (SSSR count). The van der Waals surface area contributed by atoms with E-state index in [1.807, 2.05) is 12.2 Å². The Hall–Kier alpha value is 1.17. The Bertz CT molecular complexity index is 136. The van der Waals surface area contributed by atoms with Gasteiger partial charge in [-0.3, -0.25) is 6.08 Å². The summed E-state index contributed by atoms with van der Waals surface area (Å²) in [7, 11) is 0.241. The Morgan fingerprint density at radius 3 is 1.00 bits per heavy atom. The van der Waals surface area contributed by atoms with E-state index in [-0.39, 0.29) is 107 Å². The van der Waals surface area contributed by atoms with Gasteiger partial charge in [0.2, 0.25) is 0 Å². The minimum atomic E-state index is 0. The SMILES string of the molecule is C[Si](C)C.C[Si](C)C.Cl.Cl.[C-]1=CC=CC1.[CH3-].[CH3-].[CH3-].[CH3-].[CH3-].[NH2-].[Ti]. The molecule has 0 aromatic carbocycles. The molecule has 1 aliphatic carbocycles. The van der Waals surface area contributed by atoms with E-state index >= 15 is 0 Å². The molecular formula is C16H42Cl2NSi2Ti-7. The molecule has 0 aliphatic heterocycles. The van der Waals surface area contributed by atoms with Crippen molar-refractivity contribution in [2.75, 3.05) is 0 Å². The molecule has 0 unspecified atom stereocenters. The van der Waals surface area contributed by atoms with Crippen molar-refractivity contribution < 1.29 is 21.7 Å². The molecule has 22 heavy (non-hydrogen) atoms. The summed E-state index contributed by atoms with van der Waals surface area (Å²) >= 11 is 0. The van der Waals surface area contributed by atoms with E-state index in [9.17, 15) is 0 Å². The minimum absolute atomic E-state index is 0. The largest absolute Gasteiger partial charge is 0.693 e. The van der Waals surface area contributed by atoms with E-state index in [0.29, 0.717) is 0 Å². The predicted octanol–water partition coefficient (Wildman–Crippen LogP) is 7.86. The van der Waals surface area contributed by atoms with Crippen LogP contribution in [0.5, 0.6) is 0 Å². The smallest absolute Gasteiger partial charge is 0.0379 e. The summed E-state index contributed by atoms with van der Waals surface area (Å²) in [6, 6.07) is 0. The molecule has 0 aromatic rings. The molecule has 6 heteroatoms. The molecule has 2 radical (unpaired) electrons. The molecule has 2 N–H and O–H groups in total. The summed E-state index contributed by atoms with van der Waals surface area (Å²) in [6.45, 7) is 13.6. The minimum Gasteiger partial charge on any atom is -0.693 e. The van der Waals surface area contributed by atoms with Gasteiger partial charge in [-0.25, -0.2) is 12.2 Å². The van der Waals surface area contributed by atoms with E-state index in [1.54, 1.807) is 0 Å². The maximum absolute atomic E-state index is 2.99. The molecule has 0 saturated carbocycles. The van der Waals surface area contributed by atoms with Crippen LogP contribution in [-0.2, 0) is 21.7 Å². The van der Waals surface area contributed by atoms with Gasteiger partial charge in [-0.1, -0.05) is 39.3 Å². The molecule has 0 heterocycles. The topological polar surface area (TPSA) is 33.5 Å². The summed E-state index contributed by atoms with van der Waals surface area (Å²) < 4.78 is 0. The van der Waals surface area contributed by atoms with E-state index in [2.05, 4.69) is 51.4 Å². The Kier molecular flexibility index (Phi) is 234. The fourth-order valence-corrected chi connectivity index (χ4v) is 0.340. The summed E-state index contributed by atoms with van der Waals surface area (Å²) in [5.74, 6) is 0. The number of allylic oxidation sites excluding steroid dienone is 4. The van der Waals surface area contributed by atoms with Crippen molar-refractivity contribution in [2.45, 2.75) is 45.7 Å². The van der Waals surface area contributed by atoms with Gasteiger partial charge in [0, 0.05) is 39.3 Å². The zero-order chi connectivity index (χ0) is 10.7. The van der Waals surface area contributed by atoms with Crippen molar-refractivity contribution in [1.82, 2.24) is 0 Å². The van der Waals surface area contributed by atoms with Crippen LogP contribution < -0.4 is 0 Å². The first kappa shape index (κ1) is 76.9. The van der Waals surface area contributed by atoms with Gasteiger partial charge in [-0.05, 0) is 0 Å². The van der Waals surface area contributed by atoms with E-state index < -0.39 is 0 Å². The predicted molar refractivity (Wildman–Crippen MR) is 120 cm³/mol. The molecule has 0 bridgehead atoms. The molecule has 0 fully saturated rings. The van der Waals surface area contributed by atoms with Crippen LogP contribution in [0.15, 0.2) is 18.2 Å². The number of halogens is 2. The molecule has 0 aromatic heterocycles. The van der Waals surface area contributed by atoms with Crippen LogP contribution in [0, 0.1) is 43.2 Å². The van der Waals surface area contributed by atoms with Crippen molar-refractivity contribution in [3.63, 3.8) is 0 Å². The van der Waals surface area contributed by atoms with Crippen LogP contribution in [-0.4, -0.2) is 17.6 Å². The van der Waals surface area contributed by atoms with Crippen LogP contribution in [0.4, 0.5) is 0 Å². The first-order valence-electron chi connectivity index (χ1n) is 4.72. The molecule has 0 saturated heterocycles. The first-order valence-corrected chi connectivity index (χ1v) is 10.7. The Balaban J connectivity index is -0.00000000767. The number of nitrogens with two attached hydrogens (primary N) is 1. The summed E-state index contributed by atoms with van der Waals surface area (Å²) in [5, 5.41) is 0. The van der Waals surface area contributed by atoms with E-state index in [1.165, 1.54) is 0 Å². The van der Waals surface area contributed by atoms with Gasteiger partial charge >= 0.3 is 0 Å². The van der Waals surface area contributed by atoms with Gasteiger partial charge in [0.1, 0.15) is 0 Å². The maximum Gasteiger partial charge on any atom is 0.0379 e. The normalized spacial score (nSPS) is 7.27. The van der Waals surface area contributed by atoms with E-state index in [0.717, 1.165) is 6.42 Å². The van der Waals surface area contributed by atoms with Gasteiger partial charge in [0.25, 0.3) is 0 Å². The molecule has 1 nitrogen and oxygen atoms in total. The van der Waals surface area contributed by atoms with Gasteiger partial charge in [-0.15, -0.1) is 31.2 Å². The molecule has 1 aliphatic rings. The molecule has 0 spiro atoms. The molecule has 144 valence electrons. The van der Waals surface area contributed by atoms with Gasteiger partial charge in [0.15, 0.2) is 0 Å². The van der Waals surface area contributed by atoms with Crippen molar-refractivity contribution in [3.05, 3.63) is 67.6 Å². The average Bonchev–Trinajstić information content (AvgIpc) is 2.35. The van der Waals surface area contributed by atoms with Gasteiger partial charge < -0.3 is 43.3 Å². The number of hydrogen-bond donors (Lipinski definition) is 0. The molecule has 0 atom stereocenters. The van der Waals surface area contributed by atoms with E-state index in [4.69, 9.17) is 0 Å². The van der Waals surface area contributed by atoms with Crippen LogP contribution >= 0.6 is 24.8 Å². The fraction of sp³-hybridized carbons (Fsp3) is 0.438. The van der Waals surface area contributed by atoms with Crippen molar-refractivity contribution in [3.8, 4) is 0 Å². The monoisotopic (exact) mass is 422 g/mol. The van der Waals surface area contributed by atoms with Gasteiger partial charge in [0.05, 0.1) is 0 Å². The zero-order valence-electron chi connectivity index (χ0n) is 16.8. The van der Waals surface area contributed by atoms with Crippen LogP contribution in [0.1, 0.15) is 6.42 Å². The number of hydrogen-bond acceptors (Lipinski definition) is 0. The fourth-order valence-electron chi connectivity index (χ4n) is 0.340. The summed E-state index contributed by atoms with van der Waals surface area (Å²) in [6.07, 6.45) is 10.0. The third-order valence-corrected chi connectivity index (χ3v) is 0.586. The third kappa shape index (κ3) is 226. The van der Waals surface area contributed by atoms with Crippen molar-refractivity contribution in [2.24, 2.45) is 0 Å². The molecular weight excluding hydrogens is 381 g/mol. The quantitative estimate of drug-likeness (QED) is 0.281. The Morgan fingerprint density at radius 1 is 0.727 bits per heavy atom. The zero-order valence-corrected chi connectivity index (χ0v) is 22.0. The Labute approximate surface area is 176 Å². The first-order chi connectivity index (χ1) is 5.96. The second kappa shape index (κ2) is 67.1. The standard InChI is InChI=1S/C5H5.2C3H9Si.5CH3.2ClH.H2N.Ti/c1-2-4-5-3-1;2*1-4(2)3;;;;;;;;;/h1-3H,4H2;2*1-3H3;5*1H3;2*1H;1H2;/q-1;;;5*-1;;;-1;. The maximum atomic E-state index is 2.99. The van der Waals surface area contributed by atoms with Crippen LogP contribution in [0.2, 0.25) is 39.3 Å². The van der Waals surface area contributed by atoms with Crippen LogP contribution in [0.3, 0.4) is 0 Å².